The Bertz CT molecular complexity index is 540. The fourth-order valence-corrected chi connectivity index (χ4v) is 4.42. The molecule has 3 rings (SSSR count). The van der Waals surface area contributed by atoms with Crippen molar-refractivity contribution < 1.29 is 4.74 Å². The predicted molar refractivity (Wildman–Crippen MR) is 87.3 cm³/mol. The Morgan fingerprint density at radius 2 is 2.15 bits per heavy atom. The smallest absolute Gasteiger partial charge is 0.0670 e. The Labute approximate surface area is 128 Å². The Morgan fingerprint density at radius 1 is 1.30 bits per heavy atom. The summed E-state index contributed by atoms with van der Waals surface area (Å²) in [6.45, 7) is 2.17. The average molecular weight is 305 g/mol. The number of rotatable bonds is 5. The first kappa shape index (κ1) is 14.1. The zero-order valence-corrected chi connectivity index (χ0v) is 13.3. The lowest BCUT2D eigenvalue weighted by Crippen LogP contribution is -2.10. The molecule has 2 unspecified atom stereocenters. The molecule has 2 atom stereocenters. The van der Waals surface area contributed by atoms with Gasteiger partial charge in [0.25, 0.3) is 0 Å². The molecule has 1 aromatic carbocycles. The fourth-order valence-electron chi connectivity index (χ4n) is 2.50. The van der Waals surface area contributed by atoms with Crippen LogP contribution in [-0.4, -0.2) is 22.3 Å². The highest BCUT2D eigenvalue weighted by Crippen LogP contribution is 2.31. The van der Waals surface area contributed by atoms with E-state index in [9.17, 15) is 0 Å². The van der Waals surface area contributed by atoms with Gasteiger partial charge in [-0.05, 0) is 36.9 Å². The van der Waals surface area contributed by atoms with Crippen molar-refractivity contribution in [1.29, 1.82) is 0 Å². The third kappa shape index (κ3) is 3.43. The molecule has 0 radical (unpaired) electrons. The molecule has 0 bridgehead atoms. The van der Waals surface area contributed by atoms with Gasteiger partial charge in [0.05, 0.1) is 17.1 Å². The summed E-state index contributed by atoms with van der Waals surface area (Å²) in [5.74, 6) is 2.11. The number of aromatic nitrogens is 1. The van der Waals surface area contributed by atoms with Crippen LogP contribution in [0.2, 0.25) is 0 Å². The second-order valence-electron chi connectivity index (χ2n) is 5.21. The number of ether oxygens (including phenoxy) is 1. The highest BCUT2D eigenvalue weighted by Gasteiger charge is 2.21. The third-order valence-electron chi connectivity index (χ3n) is 3.56. The van der Waals surface area contributed by atoms with Crippen LogP contribution in [-0.2, 0) is 10.5 Å². The molecule has 106 valence electrons. The van der Waals surface area contributed by atoms with Gasteiger partial charge in [-0.25, -0.2) is 4.37 Å². The Balaban J connectivity index is 1.57. The summed E-state index contributed by atoms with van der Waals surface area (Å²) < 4.78 is 10.2. The summed E-state index contributed by atoms with van der Waals surface area (Å²) in [5.41, 5.74) is 2.62. The second-order valence-corrected chi connectivity index (χ2v) is 7.04. The van der Waals surface area contributed by atoms with E-state index >= 15 is 0 Å². The van der Waals surface area contributed by atoms with E-state index in [1.165, 1.54) is 28.8 Å². The molecule has 0 amide bonds. The van der Waals surface area contributed by atoms with Crippen LogP contribution in [0.1, 0.15) is 25.3 Å². The summed E-state index contributed by atoms with van der Waals surface area (Å²) in [4.78, 5) is 1.30. The van der Waals surface area contributed by atoms with E-state index in [0.717, 1.165) is 11.5 Å². The number of hydrogen-bond donors (Lipinski definition) is 0. The Hall–Kier alpha value is -0.840. The zero-order valence-electron chi connectivity index (χ0n) is 11.6. The van der Waals surface area contributed by atoms with Crippen LogP contribution in [0.3, 0.4) is 0 Å². The molecule has 1 aliphatic rings. The molecule has 1 fully saturated rings. The quantitative estimate of drug-likeness (QED) is 0.805. The van der Waals surface area contributed by atoms with Crippen LogP contribution in [0.25, 0.3) is 10.4 Å². The summed E-state index contributed by atoms with van der Waals surface area (Å²) in [6, 6.07) is 10.5. The van der Waals surface area contributed by atoms with Crippen LogP contribution in [0.15, 0.2) is 36.5 Å². The molecule has 0 aliphatic carbocycles. The highest BCUT2D eigenvalue weighted by molar-refractivity contribution is 7.98. The summed E-state index contributed by atoms with van der Waals surface area (Å²) in [7, 11) is 0. The van der Waals surface area contributed by atoms with E-state index in [2.05, 4.69) is 41.6 Å². The molecule has 1 aromatic heterocycles. The Morgan fingerprint density at radius 3 is 2.90 bits per heavy atom. The van der Waals surface area contributed by atoms with Gasteiger partial charge in [0.2, 0.25) is 0 Å². The molecule has 0 spiro atoms. The molecule has 1 aliphatic heterocycles. The standard InChI is InChI=1S/C16H19NOS2/c1-12-7-8-15(18-12)11-19-10-14-9-17-20-16(14)13-5-3-2-4-6-13/h2-6,9,12,15H,7-8,10-11H2,1H3. The van der Waals surface area contributed by atoms with Gasteiger partial charge in [0.1, 0.15) is 0 Å². The summed E-state index contributed by atoms with van der Waals surface area (Å²) in [6.07, 6.45) is 5.32. The van der Waals surface area contributed by atoms with E-state index in [0.29, 0.717) is 12.2 Å². The number of thioether (sulfide) groups is 1. The predicted octanol–water partition coefficient (Wildman–Crippen LogP) is 4.61. The highest BCUT2D eigenvalue weighted by atomic mass is 32.2. The summed E-state index contributed by atoms with van der Waals surface area (Å²) in [5, 5.41) is 0. The van der Waals surface area contributed by atoms with Gasteiger partial charge in [0, 0.05) is 23.3 Å². The molecule has 2 heterocycles. The van der Waals surface area contributed by atoms with Crippen molar-refractivity contribution in [1.82, 2.24) is 4.37 Å². The largest absolute Gasteiger partial charge is 0.374 e. The maximum atomic E-state index is 5.86. The fraction of sp³-hybridized carbons (Fsp3) is 0.438. The first-order valence-corrected chi connectivity index (χ1v) is 8.98. The zero-order chi connectivity index (χ0) is 13.8. The average Bonchev–Trinajstić information content (AvgIpc) is 3.09. The molecule has 2 aromatic rings. The molecular formula is C16H19NOS2. The van der Waals surface area contributed by atoms with Gasteiger partial charge in [-0.1, -0.05) is 30.3 Å². The monoisotopic (exact) mass is 305 g/mol. The van der Waals surface area contributed by atoms with Gasteiger partial charge in [-0.3, -0.25) is 0 Å². The summed E-state index contributed by atoms with van der Waals surface area (Å²) >= 11 is 3.55. The van der Waals surface area contributed by atoms with Crippen LogP contribution in [0.4, 0.5) is 0 Å². The lowest BCUT2D eigenvalue weighted by Gasteiger charge is -2.10. The lowest BCUT2D eigenvalue weighted by atomic mass is 10.1. The van der Waals surface area contributed by atoms with Crippen molar-refractivity contribution in [3.05, 3.63) is 42.1 Å². The molecule has 0 saturated carbocycles. The van der Waals surface area contributed by atoms with Gasteiger partial charge in [0.15, 0.2) is 0 Å². The molecule has 2 nitrogen and oxygen atoms in total. The van der Waals surface area contributed by atoms with E-state index in [-0.39, 0.29) is 0 Å². The number of benzene rings is 1. The molecule has 4 heteroatoms. The van der Waals surface area contributed by atoms with Gasteiger partial charge in [-0.15, -0.1) is 0 Å². The minimum Gasteiger partial charge on any atom is -0.374 e. The molecule has 0 N–H and O–H groups in total. The van der Waals surface area contributed by atoms with Crippen molar-refractivity contribution in [2.24, 2.45) is 0 Å². The van der Waals surface area contributed by atoms with Crippen LogP contribution < -0.4 is 0 Å². The minimum atomic E-state index is 0.446. The van der Waals surface area contributed by atoms with Gasteiger partial charge < -0.3 is 4.74 Å². The van der Waals surface area contributed by atoms with E-state index < -0.39 is 0 Å². The topological polar surface area (TPSA) is 22.1 Å². The second kappa shape index (κ2) is 6.74. The van der Waals surface area contributed by atoms with Crippen LogP contribution in [0.5, 0.6) is 0 Å². The lowest BCUT2D eigenvalue weighted by molar-refractivity contribution is 0.0700. The Kier molecular flexibility index (Phi) is 4.76. The maximum absolute atomic E-state index is 5.86. The third-order valence-corrected chi connectivity index (χ3v) is 5.58. The normalized spacial score (nSPS) is 22.2. The van der Waals surface area contributed by atoms with E-state index in [4.69, 9.17) is 4.74 Å². The van der Waals surface area contributed by atoms with Crippen molar-refractivity contribution in [2.45, 2.75) is 37.7 Å². The molecule has 1 saturated heterocycles. The first-order chi connectivity index (χ1) is 9.83. The van der Waals surface area contributed by atoms with Crippen LogP contribution in [0, 0.1) is 0 Å². The van der Waals surface area contributed by atoms with Crippen molar-refractivity contribution in [2.75, 3.05) is 5.75 Å². The van der Waals surface area contributed by atoms with Crippen molar-refractivity contribution >= 4 is 23.3 Å². The van der Waals surface area contributed by atoms with Crippen molar-refractivity contribution in [3.63, 3.8) is 0 Å². The first-order valence-electron chi connectivity index (χ1n) is 7.05. The molecular weight excluding hydrogens is 286 g/mol. The SMILES string of the molecule is CC1CCC(CSCc2cnsc2-c2ccccc2)O1. The number of nitrogens with zero attached hydrogens (tertiary/aromatic N) is 1. The maximum Gasteiger partial charge on any atom is 0.0670 e. The van der Waals surface area contributed by atoms with E-state index in [1.54, 1.807) is 11.5 Å². The van der Waals surface area contributed by atoms with Crippen LogP contribution >= 0.6 is 23.3 Å². The minimum absolute atomic E-state index is 0.446. The van der Waals surface area contributed by atoms with E-state index in [1.807, 2.05) is 18.0 Å². The van der Waals surface area contributed by atoms with Gasteiger partial charge >= 0.3 is 0 Å². The number of hydrogen-bond acceptors (Lipinski definition) is 4. The van der Waals surface area contributed by atoms with Gasteiger partial charge in [-0.2, -0.15) is 11.8 Å². The van der Waals surface area contributed by atoms with Crippen molar-refractivity contribution in [3.8, 4) is 10.4 Å². The molecule has 20 heavy (non-hydrogen) atoms.